The van der Waals surface area contributed by atoms with Crippen LogP contribution in [0.15, 0.2) is 36.5 Å². The number of benzene rings is 1. The number of H-pyrrole nitrogens is 2. The number of carbonyl (C=O) groups excluding carboxylic acids is 1. The molecule has 1 amide bonds. The largest absolute Gasteiger partial charge is 0.372 e. The van der Waals surface area contributed by atoms with Crippen molar-refractivity contribution in [3.05, 3.63) is 46.9 Å². The smallest absolute Gasteiger partial charge is 0.257 e. The zero-order valence-corrected chi connectivity index (χ0v) is 16.0. The molecule has 0 unspecified atom stereocenters. The highest BCUT2D eigenvalue weighted by molar-refractivity contribution is 7.71. The van der Waals surface area contributed by atoms with Crippen molar-refractivity contribution < 1.29 is 9.53 Å². The molecule has 1 aromatic carbocycles. The number of fused-ring (bicyclic) bond motifs is 1. The second kappa shape index (κ2) is 7.13. The molecule has 0 saturated carbocycles. The van der Waals surface area contributed by atoms with Gasteiger partial charge < -0.3 is 24.9 Å². The molecule has 1 saturated heterocycles. The lowest BCUT2D eigenvalue weighted by molar-refractivity contribution is -0.00546. The lowest BCUT2D eigenvalue weighted by atomic mass is 10.2. The molecule has 2 atom stereocenters. The molecule has 3 heterocycles. The van der Waals surface area contributed by atoms with E-state index < -0.39 is 0 Å². The zero-order valence-electron chi connectivity index (χ0n) is 15.2. The van der Waals surface area contributed by atoms with Gasteiger partial charge in [0.1, 0.15) is 5.82 Å². The Morgan fingerprint density at radius 2 is 1.93 bits per heavy atom. The minimum atomic E-state index is -0.203. The van der Waals surface area contributed by atoms with Crippen molar-refractivity contribution in [1.82, 2.24) is 15.0 Å². The average molecular weight is 383 g/mol. The molecule has 3 N–H and O–H groups in total. The third-order valence-corrected chi connectivity index (χ3v) is 4.73. The van der Waals surface area contributed by atoms with E-state index in [0.29, 0.717) is 16.0 Å². The van der Waals surface area contributed by atoms with E-state index in [9.17, 15) is 4.79 Å². The van der Waals surface area contributed by atoms with E-state index in [4.69, 9.17) is 17.0 Å². The van der Waals surface area contributed by atoms with Gasteiger partial charge >= 0.3 is 0 Å². The van der Waals surface area contributed by atoms with Crippen LogP contribution >= 0.6 is 12.2 Å². The van der Waals surface area contributed by atoms with E-state index in [-0.39, 0.29) is 18.1 Å². The van der Waals surface area contributed by atoms with Crippen molar-refractivity contribution in [2.45, 2.75) is 26.1 Å². The molecule has 3 aromatic rings. The van der Waals surface area contributed by atoms with Crippen molar-refractivity contribution in [2.75, 3.05) is 23.3 Å². The molecule has 1 fully saturated rings. The summed E-state index contributed by atoms with van der Waals surface area (Å²) in [5.74, 6) is 0.654. The summed E-state index contributed by atoms with van der Waals surface area (Å²) in [6, 6.07) is 9.23. The number of morpholine rings is 1. The van der Waals surface area contributed by atoms with E-state index in [1.54, 1.807) is 12.3 Å². The van der Waals surface area contributed by atoms with Crippen LogP contribution in [0.4, 0.5) is 11.5 Å². The summed E-state index contributed by atoms with van der Waals surface area (Å²) >= 11 is 5.08. The van der Waals surface area contributed by atoms with Crippen LogP contribution in [0.3, 0.4) is 0 Å². The average Bonchev–Trinajstić information content (AvgIpc) is 3.00. The third-order valence-electron chi connectivity index (χ3n) is 4.53. The van der Waals surface area contributed by atoms with Gasteiger partial charge in [0.2, 0.25) is 0 Å². The SMILES string of the molecule is C[C@@H]1CN(c2ccc(C(=O)Nc3ccc4[nH]c(=S)[nH]c4c3)cn2)C[C@@H](C)O1. The molecule has 0 bridgehead atoms. The number of aromatic nitrogens is 3. The fraction of sp³-hybridized carbons (Fsp3) is 0.316. The molecule has 8 heteroatoms. The summed E-state index contributed by atoms with van der Waals surface area (Å²) in [5, 5.41) is 2.89. The van der Waals surface area contributed by atoms with Gasteiger partial charge in [0, 0.05) is 25.0 Å². The van der Waals surface area contributed by atoms with Gasteiger partial charge in [0.05, 0.1) is 28.8 Å². The lowest BCUT2D eigenvalue weighted by Crippen LogP contribution is -2.45. The first-order valence-corrected chi connectivity index (χ1v) is 9.28. The molecule has 1 aliphatic heterocycles. The Kier molecular flexibility index (Phi) is 4.67. The van der Waals surface area contributed by atoms with Gasteiger partial charge in [-0.2, -0.15) is 0 Å². The summed E-state index contributed by atoms with van der Waals surface area (Å²) in [5.41, 5.74) is 2.95. The van der Waals surface area contributed by atoms with E-state index in [1.807, 2.05) is 24.3 Å². The Bertz CT molecular complexity index is 1020. The fourth-order valence-corrected chi connectivity index (χ4v) is 3.61. The number of imidazole rings is 1. The number of hydrogen-bond donors (Lipinski definition) is 3. The number of nitrogens with one attached hydrogen (secondary N) is 3. The first kappa shape index (κ1) is 17.7. The lowest BCUT2D eigenvalue weighted by Gasteiger charge is -2.36. The summed E-state index contributed by atoms with van der Waals surface area (Å²) < 4.78 is 6.31. The van der Waals surface area contributed by atoms with E-state index in [1.165, 1.54) is 0 Å². The number of hydrogen-bond acceptors (Lipinski definition) is 5. The second-order valence-corrected chi connectivity index (χ2v) is 7.27. The number of ether oxygens (including phenoxy) is 1. The molecule has 140 valence electrons. The van der Waals surface area contributed by atoms with Crippen molar-refractivity contribution >= 4 is 40.7 Å². The second-order valence-electron chi connectivity index (χ2n) is 6.86. The van der Waals surface area contributed by atoms with Crippen molar-refractivity contribution in [3.8, 4) is 0 Å². The number of aromatic amines is 2. The van der Waals surface area contributed by atoms with Crippen LogP contribution in [0, 0.1) is 4.77 Å². The highest BCUT2D eigenvalue weighted by Crippen LogP contribution is 2.20. The molecular formula is C19H21N5O2S. The minimum Gasteiger partial charge on any atom is -0.372 e. The van der Waals surface area contributed by atoms with Crippen LogP contribution in [-0.4, -0.2) is 46.2 Å². The molecule has 7 nitrogen and oxygen atoms in total. The van der Waals surface area contributed by atoms with Crippen molar-refractivity contribution in [3.63, 3.8) is 0 Å². The van der Waals surface area contributed by atoms with Crippen LogP contribution in [0.2, 0.25) is 0 Å². The van der Waals surface area contributed by atoms with Gasteiger partial charge in [-0.1, -0.05) is 0 Å². The van der Waals surface area contributed by atoms with Crippen molar-refractivity contribution in [2.24, 2.45) is 0 Å². The number of nitrogens with zero attached hydrogens (tertiary/aromatic N) is 2. The van der Waals surface area contributed by atoms with Crippen molar-refractivity contribution in [1.29, 1.82) is 0 Å². The van der Waals surface area contributed by atoms with E-state index in [2.05, 4.69) is 39.0 Å². The highest BCUT2D eigenvalue weighted by Gasteiger charge is 2.23. The van der Waals surface area contributed by atoms with Gasteiger partial charge in [-0.25, -0.2) is 4.98 Å². The monoisotopic (exact) mass is 383 g/mol. The standard InChI is InChI=1S/C19H21N5O2S/c1-11-9-24(10-12(2)26-11)17-6-3-13(8-20-17)18(25)21-14-4-5-15-16(7-14)23-19(27)22-15/h3-8,11-12H,9-10H2,1-2H3,(H,21,25)(H2,22,23,27)/t11-,12-/m1/s1. The Morgan fingerprint density at radius 1 is 1.19 bits per heavy atom. The molecule has 2 aromatic heterocycles. The number of rotatable bonds is 3. The van der Waals surface area contributed by atoms with Crippen LogP contribution in [0.25, 0.3) is 11.0 Å². The first-order valence-electron chi connectivity index (χ1n) is 8.88. The van der Waals surface area contributed by atoms with Crippen LogP contribution in [0.5, 0.6) is 0 Å². The van der Waals surface area contributed by atoms with Gasteiger partial charge in [-0.15, -0.1) is 0 Å². The Balaban J connectivity index is 1.47. The van der Waals surface area contributed by atoms with Crippen LogP contribution < -0.4 is 10.2 Å². The molecule has 0 spiro atoms. The summed E-state index contributed by atoms with van der Waals surface area (Å²) in [7, 11) is 0. The van der Waals surface area contributed by atoms with E-state index in [0.717, 1.165) is 29.9 Å². The molecule has 0 radical (unpaired) electrons. The number of carbonyl (C=O) groups is 1. The first-order chi connectivity index (χ1) is 13.0. The predicted octanol–water partition coefficient (Wildman–Crippen LogP) is 3.49. The molecule has 4 rings (SSSR count). The number of anilines is 2. The molecule has 27 heavy (non-hydrogen) atoms. The third kappa shape index (κ3) is 3.86. The van der Waals surface area contributed by atoms with Gasteiger partial charge in [-0.3, -0.25) is 4.79 Å². The fourth-order valence-electron chi connectivity index (χ4n) is 3.39. The molecule has 0 aliphatic carbocycles. The normalized spacial score (nSPS) is 20.0. The summed E-state index contributed by atoms with van der Waals surface area (Å²) in [6.45, 7) is 5.69. The van der Waals surface area contributed by atoms with Gasteiger partial charge in [-0.05, 0) is 56.4 Å². The molecular weight excluding hydrogens is 362 g/mol. The summed E-state index contributed by atoms with van der Waals surface area (Å²) in [4.78, 5) is 25.3. The maximum atomic E-state index is 12.5. The van der Waals surface area contributed by atoms with Gasteiger partial charge in [0.15, 0.2) is 4.77 Å². The van der Waals surface area contributed by atoms with E-state index >= 15 is 0 Å². The quantitative estimate of drug-likeness (QED) is 0.603. The predicted molar refractivity (Wildman–Crippen MR) is 108 cm³/mol. The highest BCUT2D eigenvalue weighted by atomic mass is 32.1. The molecule has 1 aliphatic rings. The Morgan fingerprint density at radius 3 is 2.63 bits per heavy atom. The maximum absolute atomic E-state index is 12.5. The maximum Gasteiger partial charge on any atom is 0.257 e. The van der Waals surface area contributed by atoms with Crippen LogP contribution in [-0.2, 0) is 4.74 Å². The number of amides is 1. The topological polar surface area (TPSA) is 86.0 Å². The zero-order chi connectivity index (χ0) is 19.0. The minimum absolute atomic E-state index is 0.161. The Hall–Kier alpha value is -2.71. The number of pyridine rings is 1. The Labute approximate surface area is 161 Å². The van der Waals surface area contributed by atoms with Crippen LogP contribution in [0.1, 0.15) is 24.2 Å². The van der Waals surface area contributed by atoms with Gasteiger partial charge in [0.25, 0.3) is 5.91 Å². The summed E-state index contributed by atoms with van der Waals surface area (Å²) in [6.07, 6.45) is 1.93.